The molecular formula is C31H31Cl2N3O4S. The van der Waals surface area contributed by atoms with E-state index in [1.807, 2.05) is 18.2 Å². The molecule has 2 fully saturated rings. The average Bonchev–Trinajstić information content (AvgIpc) is 3.73. The van der Waals surface area contributed by atoms with Crippen molar-refractivity contribution in [2.24, 2.45) is 5.92 Å². The van der Waals surface area contributed by atoms with E-state index in [9.17, 15) is 18.3 Å². The van der Waals surface area contributed by atoms with Crippen LogP contribution in [0.3, 0.4) is 0 Å². The number of hydrogen-bond acceptors (Lipinski definition) is 4. The van der Waals surface area contributed by atoms with Crippen LogP contribution in [0.25, 0.3) is 11.0 Å². The molecule has 214 valence electrons. The Balaban J connectivity index is 1.48. The topological polar surface area (TPSA) is 92.5 Å². The molecule has 6 rings (SSSR count). The first kappa shape index (κ1) is 28.2. The van der Waals surface area contributed by atoms with Crippen molar-refractivity contribution >= 4 is 50.2 Å². The molecule has 1 saturated carbocycles. The van der Waals surface area contributed by atoms with Crippen LogP contribution in [0.15, 0.2) is 66.7 Å². The van der Waals surface area contributed by atoms with E-state index in [0.29, 0.717) is 58.2 Å². The van der Waals surface area contributed by atoms with Crippen molar-refractivity contribution in [2.75, 3.05) is 19.3 Å². The number of aromatic nitrogens is 2. The molecule has 1 aromatic heterocycles. The fourth-order valence-corrected chi connectivity index (χ4v) is 7.30. The molecule has 4 aromatic rings. The van der Waals surface area contributed by atoms with Crippen LogP contribution >= 0.6 is 23.2 Å². The van der Waals surface area contributed by atoms with Gasteiger partial charge in [-0.1, -0.05) is 53.5 Å². The van der Waals surface area contributed by atoms with Gasteiger partial charge in [0.15, 0.2) is 0 Å². The number of carboxylic acids is 1. The summed E-state index contributed by atoms with van der Waals surface area (Å²) in [6.45, 7) is 1.73. The quantitative estimate of drug-likeness (QED) is 0.236. The maximum Gasteiger partial charge on any atom is 0.323 e. The standard InChI is InChI=1S/C31H31Cl2N3O4S/c1-41(39,40)35-16-14-20(15-17-35)19-36-28-18-24(8-13-27(28)34-29(36)21-2-3-21)31(30(37)38,22-4-9-25(32)10-5-22)23-6-11-26(33)12-7-23/h4-13,18,20-21H,2-3,14-17,19H2,1H3,(H,37,38). The Morgan fingerprint density at radius 1 is 0.902 bits per heavy atom. The van der Waals surface area contributed by atoms with Gasteiger partial charge in [-0.25, -0.2) is 17.7 Å². The van der Waals surface area contributed by atoms with Crippen LogP contribution in [0.5, 0.6) is 0 Å². The molecule has 0 amide bonds. The first-order valence-corrected chi connectivity index (χ1v) is 16.4. The minimum Gasteiger partial charge on any atom is -0.480 e. The predicted octanol–water partition coefficient (Wildman–Crippen LogP) is 6.31. The van der Waals surface area contributed by atoms with Crippen LogP contribution in [-0.2, 0) is 26.8 Å². The molecule has 2 aliphatic rings. The lowest BCUT2D eigenvalue weighted by atomic mass is 9.69. The lowest BCUT2D eigenvalue weighted by molar-refractivity contribution is -0.140. The third-order valence-electron chi connectivity index (χ3n) is 8.51. The van der Waals surface area contributed by atoms with E-state index in [1.165, 1.54) is 6.26 Å². The molecule has 1 saturated heterocycles. The number of carbonyl (C=O) groups is 1. The van der Waals surface area contributed by atoms with Gasteiger partial charge in [0.2, 0.25) is 10.0 Å². The zero-order valence-corrected chi connectivity index (χ0v) is 25.0. The van der Waals surface area contributed by atoms with Crippen molar-refractivity contribution in [3.63, 3.8) is 0 Å². The first-order valence-electron chi connectivity index (χ1n) is 13.8. The summed E-state index contributed by atoms with van der Waals surface area (Å²) in [5.74, 6) is 0.701. The third kappa shape index (κ3) is 5.27. The number of sulfonamides is 1. The van der Waals surface area contributed by atoms with E-state index in [0.717, 1.165) is 42.5 Å². The minimum atomic E-state index is -3.20. The Kier molecular flexibility index (Phi) is 7.39. The Hall–Kier alpha value is -2.91. The van der Waals surface area contributed by atoms with Gasteiger partial charge in [-0.3, -0.25) is 4.79 Å². The Morgan fingerprint density at radius 3 is 1.93 bits per heavy atom. The normalized spacial score (nSPS) is 17.2. The zero-order valence-electron chi connectivity index (χ0n) is 22.6. The number of halogens is 2. The van der Waals surface area contributed by atoms with E-state index in [1.54, 1.807) is 52.8 Å². The summed E-state index contributed by atoms with van der Waals surface area (Å²) in [5.41, 5.74) is 1.98. The van der Waals surface area contributed by atoms with Crippen molar-refractivity contribution in [1.29, 1.82) is 0 Å². The molecule has 10 heteroatoms. The molecule has 7 nitrogen and oxygen atoms in total. The Morgan fingerprint density at radius 2 is 1.44 bits per heavy atom. The maximum atomic E-state index is 13.4. The fraction of sp³-hybridized carbons (Fsp3) is 0.355. The van der Waals surface area contributed by atoms with Gasteiger partial charge < -0.3 is 9.67 Å². The van der Waals surface area contributed by atoms with E-state index < -0.39 is 21.4 Å². The van der Waals surface area contributed by atoms with Crippen molar-refractivity contribution in [1.82, 2.24) is 13.9 Å². The minimum absolute atomic E-state index is 0.295. The van der Waals surface area contributed by atoms with Gasteiger partial charge in [-0.15, -0.1) is 0 Å². The van der Waals surface area contributed by atoms with Crippen LogP contribution in [0.4, 0.5) is 0 Å². The molecule has 0 unspecified atom stereocenters. The molecule has 41 heavy (non-hydrogen) atoms. The highest BCUT2D eigenvalue weighted by Gasteiger charge is 2.45. The number of benzene rings is 3. The number of fused-ring (bicyclic) bond motifs is 1. The molecule has 1 aliphatic heterocycles. The van der Waals surface area contributed by atoms with Crippen LogP contribution in [0.1, 0.15) is 54.1 Å². The summed E-state index contributed by atoms with van der Waals surface area (Å²) in [6.07, 6.45) is 4.96. The fourth-order valence-electron chi connectivity index (χ4n) is 6.17. The number of aliphatic carboxylic acids is 1. The number of piperidine rings is 1. The zero-order chi connectivity index (χ0) is 28.9. The summed E-state index contributed by atoms with van der Waals surface area (Å²) >= 11 is 12.4. The number of nitrogens with zero attached hydrogens (tertiary/aromatic N) is 3. The van der Waals surface area contributed by atoms with Crippen molar-refractivity contribution in [2.45, 2.75) is 43.6 Å². The molecule has 1 N–H and O–H groups in total. The summed E-state index contributed by atoms with van der Waals surface area (Å²) < 4.78 is 27.9. The molecule has 1 aliphatic carbocycles. The number of imidazole rings is 1. The molecule has 0 atom stereocenters. The molecule has 3 aromatic carbocycles. The second kappa shape index (κ2) is 10.7. The van der Waals surface area contributed by atoms with Gasteiger partial charge in [0.25, 0.3) is 0 Å². The highest BCUT2D eigenvalue weighted by molar-refractivity contribution is 7.88. The molecular weight excluding hydrogens is 581 g/mol. The lowest BCUT2D eigenvalue weighted by Crippen LogP contribution is -2.39. The number of hydrogen-bond donors (Lipinski definition) is 1. The highest BCUT2D eigenvalue weighted by atomic mass is 35.5. The van der Waals surface area contributed by atoms with Crippen LogP contribution in [0.2, 0.25) is 10.0 Å². The predicted molar refractivity (Wildman–Crippen MR) is 161 cm³/mol. The van der Waals surface area contributed by atoms with Crippen LogP contribution in [0, 0.1) is 5.92 Å². The first-order chi connectivity index (χ1) is 19.6. The van der Waals surface area contributed by atoms with E-state index >= 15 is 0 Å². The second-order valence-electron chi connectivity index (χ2n) is 11.2. The Labute approximate surface area is 249 Å². The summed E-state index contributed by atoms with van der Waals surface area (Å²) in [5, 5.41) is 12.0. The van der Waals surface area contributed by atoms with E-state index in [4.69, 9.17) is 28.2 Å². The molecule has 0 spiro atoms. The van der Waals surface area contributed by atoms with Crippen molar-refractivity contribution in [3.8, 4) is 0 Å². The SMILES string of the molecule is CS(=O)(=O)N1CCC(Cn2c(C3CC3)nc3ccc(C(C(=O)O)(c4ccc(Cl)cc4)c4ccc(Cl)cc4)cc32)CC1. The molecule has 0 bridgehead atoms. The van der Waals surface area contributed by atoms with E-state index in [2.05, 4.69) is 4.57 Å². The third-order valence-corrected chi connectivity index (χ3v) is 10.3. The van der Waals surface area contributed by atoms with E-state index in [-0.39, 0.29) is 0 Å². The highest BCUT2D eigenvalue weighted by Crippen LogP contribution is 2.44. The molecule has 2 heterocycles. The van der Waals surface area contributed by atoms with Gasteiger partial charge in [0.05, 0.1) is 17.3 Å². The average molecular weight is 613 g/mol. The number of rotatable bonds is 8. The second-order valence-corrected chi connectivity index (χ2v) is 14.1. The largest absolute Gasteiger partial charge is 0.480 e. The maximum absolute atomic E-state index is 13.4. The van der Waals surface area contributed by atoms with Gasteiger partial charge >= 0.3 is 5.97 Å². The van der Waals surface area contributed by atoms with Gasteiger partial charge in [0.1, 0.15) is 11.2 Å². The van der Waals surface area contributed by atoms with Crippen LogP contribution in [-0.4, -0.2) is 52.7 Å². The van der Waals surface area contributed by atoms with Gasteiger partial charge in [-0.05, 0) is 84.7 Å². The number of carboxylic acid groups (broad SMARTS) is 1. The van der Waals surface area contributed by atoms with Crippen molar-refractivity contribution < 1.29 is 18.3 Å². The summed E-state index contributed by atoms with van der Waals surface area (Å²) in [7, 11) is -3.20. The molecule has 0 radical (unpaired) electrons. The Bertz CT molecular complexity index is 1660. The van der Waals surface area contributed by atoms with Gasteiger partial charge in [0, 0.05) is 35.6 Å². The van der Waals surface area contributed by atoms with Crippen LogP contribution < -0.4 is 0 Å². The monoisotopic (exact) mass is 611 g/mol. The van der Waals surface area contributed by atoms with Gasteiger partial charge in [-0.2, -0.15) is 0 Å². The lowest BCUT2D eigenvalue weighted by Gasteiger charge is -2.32. The summed E-state index contributed by atoms with van der Waals surface area (Å²) in [4.78, 5) is 18.4. The smallest absolute Gasteiger partial charge is 0.323 e. The van der Waals surface area contributed by atoms with Crippen molar-refractivity contribution in [3.05, 3.63) is 99.3 Å². The summed E-state index contributed by atoms with van der Waals surface area (Å²) in [6, 6.07) is 19.6.